The van der Waals surface area contributed by atoms with Gasteiger partial charge in [-0.25, -0.2) is 15.0 Å². The molecule has 0 bridgehead atoms. The zero-order valence-electron chi connectivity index (χ0n) is 32.1. The minimum Gasteiger partial charge on any atom is -0.309 e. The summed E-state index contributed by atoms with van der Waals surface area (Å²) in [6.07, 6.45) is 0. The predicted octanol–water partition coefficient (Wildman–Crippen LogP) is 14.1. The summed E-state index contributed by atoms with van der Waals surface area (Å²) >= 11 is 0. The summed E-state index contributed by atoms with van der Waals surface area (Å²) in [5.41, 5.74) is 12.9. The highest BCUT2D eigenvalue weighted by Gasteiger charge is 2.22. The molecule has 0 saturated carbocycles. The van der Waals surface area contributed by atoms with Gasteiger partial charge < -0.3 is 4.57 Å². The Morgan fingerprint density at radius 1 is 0.271 bits per heavy atom. The van der Waals surface area contributed by atoms with E-state index in [0.717, 1.165) is 77.6 Å². The molecule has 0 spiro atoms. The van der Waals surface area contributed by atoms with Crippen LogP contribution in [-0.4, -0.2) is 19.5 Å². The average Bonchev–Trinajstić information content (AvgIpc) is 3.66. The summed E-state index contributed by atoms with van der Waals surface area (Å²) in [6, 6.07) is 76.9. The van der Waals surface area contributed by atoms with Crippen LogP contribution in [0, 0.1) is 0 Å². The summed E-state index contributed by atoms with van der Waals surface area (Å²) in [5.74, 6) is 1.84. The van der Waals surface area contributed by atoms with Crippen molar-refractivity contribution in [1.29, 1.82) is 0 Å². The smallest absolute Gasteiger partial charge is 0.164 e. The van der Waals surface area contributed by atoms with E-state index in [2.05, 4.69) is 211 Å². The number of aromatic nitrogens is 4. The Bertz CT molecular complexity index is 3250. The summed E-state index contributed by atoms with van der Waals surface area (Å²) in [4.78, 5) is 15.9. The van der Waals surface area contributed by atoms with Crippen LogP contribution in [-0.2, 0) is 0 Å². The Morgan fingerprint density at radius 2 is 0.695 bits per heavy atom. The van der Waals surface area contributed by atoms with Crippen molar-refractivity contribution in [1.82, 2.24) is 19.5 Å². The Morgan fingerprint density at radius 3 is 1.32 bits per heavy atom. The highest BCUT2D eigenvalue weighted by Crippen LogP contribution is 2.43. The van der Waals surface area contributed by atoms with E-state index in [-0.39, 0.29) is 0 Å². The van der Waals surface area contributed by atoms with Crippen molar-refractivity contribution in [2.45, 2.75) is 0 Å². The molecular formula is C55H36N4. The van der Waals surface area contributed by atoms with Crippen LogP contribution in [0.3, 0.4) is 0 Å². The van der Waals surface area contributed by atoms with Crippen molar-refractivity contribution in [3.63, 3.8) is 0 Å². The Hall–Kier alpha value is -7.95. The molecule has 9 aromatic carbocycles. The molecule has 0 unspecified atom stereocenters. The number of hydrogen-bond donors (Lipinski definition) is 0. The van der Waals surface area contributed by atoms with Gasteiger partial charge in [-0.05, 0) is 62.9 Å². The number of fused-ring (bicyclic) bond motifs is 4. The maximum absolute atomic E-state index is 5.37. The van der Waals surface area contributed by atoms with Crippen LogP contribution in [0.5, 0.6) is 0 Å². The molecule has 11 rings (SSSR count). The highest BCUT2D eigenvalue weighted by atomic mass is 15.0. The van der Waals surface area contributed by atoms with Crippen LogP contribution in [0.25, 0.3) is 106 Å². The molecule has 276 valence electrons. The molecule has 2 heterocycles. The zero-order chi connectivity index (χ0) is 39.1. The van der Waals surface area contributed by atoms with E-state index in [0.29, 0.717) is 17.5 Å². The molecule has 0 fully saturated rings. The fourth-order valence-electron chi connectivity index (χ4n) is 8.48. The monoisotopic (exact) mass is 752 g/mol. The van der Waals surface area contributed by atoms with Gasteiger partial charge in [0, 0.05) is 33.0 Å². The fourth-order valence-corrected chi connectivity index (χ4v) is 8.48. The summed E-state index contributed by atoms with van der Waals surface area (Å²) < 4.78 is 2.41. The Kier molecular flexibility index (Phi) is 8.45. The molecule has 0 amide bonds. The standard InChI is InChI=1S/C55H36N4/c1-4-17-37(18-5-1)39-31-33-41(34-32-39)53-56-54(43-24-16-23-42(35-43)38-19-6-2-7-20-38)58-55(57-53)48-36-51(52(40-21-8-3-9-22-40)47-28-11-10-25-44(47)48)59-49-29-14-12-26-45(49)46-27-13-15-30-50(46)59/h1-36H. The molecule has 0 aliphatic rings. The highest BCUT2D eigenvalue weighted by molar-refractivity contribution is 6.13. The third-order valence-corrected chi connectivity index (χ3v) is 11.3. The molecule has 11 aromatic rings. The number of hydrogen-bond acceptors (Lipinski definition) is 3. The van der Waals surface area contributed by atoms with Gasteiger partial charge in [0.25, 0.3) is 0 Å². The van der Waals surface area contributed by atoms with Gasteiger partial charge in [0.05, 0.1) is 16.7 Å². The fraction of sp³-hybridized carbons (Fsp3) is 0. The van der Waals surface area contributed by atoms with E-state index in [1.54, 1.807) is 0 Å². The first-order valence-corrected chi connectivity index (χ1v) is 19.9. The van der Waals surface area contributed by atoms with Gasteiger partial charge >= 0.3 is 0 Å². The minimum absolute atomic E-state index is 0.611. The van der Waals surface area contributed by atoms with E-state index in [4.69, 9.17) is 15.0 Å². The number of benzene rings is 9. The second kappa shape index (κ2) is 14.5. The minimum atomic E-state index is 0.611. The molecule has 2 aromatic heterocycles. The molecule has 59 heavy (non-hydrogen) atoms. The summed E-state index contributed by atoms with van der Waals surface area (Å²) in [6.45, 7) is 0. The van der Waals surface area contributed by atoms with E-state index in [9.17, 15) is 0 Å². The largest absolute Gasteiger partial charge is 0.309 e. The lowest BCUT2D eigenvalue weighted by molar-refractivity contribution is 1.07. The number of nitrogens with zero attached hydrogens (tertiary/aromatic N) is 4. The second-order valence-corrected chi connectivity index (χ2v) is 14.8. The summed E-state index contributed by atoms with van der Waals surface area (Å²) in [5, 5.41) is 4.60. The Balaban J connectivity index is 1.20. The van der Waals surface area contributed by atoms with Crippen molar-refractivity contribution in [2.24, 2.45) is 0 Å². The first kappa shape index (κ1) is 34.3. The maximum atomic E-state index is 5.37. The normalized spacial score (nSPS) is 11.4. The van der Waals surface area contributed by atoms with Crippen LogP contribution < -0.4 is 0 Å². The Labute approximate surface area is 342 Å². The quantitative estimate of drug-likeness (QED) is 0.163. The first-order chi connectivity index (χ1) is 29.3. The van der Waals surface area contributed by atoms with Crippen molar-refractivity contribution in [2.75, 3.05) is 0 Å². The molecule has 0 aliphatic heterocycles. The maximum Gasteiger partial charge on any atom is 0.164 e. The van der Waals surface area contributed by atoms with Gasteiger partial charge in [-0.15, -0.1) is 0 Å². The summed E-state index contributed by atoms with van der Waals surface area (Å²) in [7, 11) is 0. The van der Waals surface area contributed by atoms with Crippen LogP contribution in [0.4, 0.5) is 0 Å². The van der Waals surface area contributed by atoms with Crippen LogP contribution in [0.15, 0.2) is 218 Å². The topological polar surface area (TPSA) is 43.6 Å². The zero-order valence-corrected chi connectivity index (χ0v) is 32.1. The van der Waals surface area contributed by atoms with E-state index >= 15 is 0 Å². The lowest BCUT2D eigenvalue weighted by Crippen LogP contribution is -2.03. The number of para-hydroxylation sites is 2. The van der Waals surface area contributed by atoms with Gasteiger partial charge in [0.15, 0.2) is 17.5 Å². The molecule has 0 N–H and O–H groups in total. The average molecular weight is 753 g/mol. The van der Waals surface area contributed by atoms with Crippen molar-refractivity contribution in [3.8, 4) is 73.2 Å². The van der Waals surface area contributed by atoms with Crippen molar-refractivity contribution >= 4 is 32.6 Å². The third-order valence-electron chi connectivity index (χ3n) is 11.3. The van der Waals surface area contributed by atoms with Gasteiger partial charge in [-0.1, -0.05) is 194 Å². The SMILES string of the molecule is c1ccc(-c2ccc(-c3nc(-c4cccc(-c5ccccc5)c4)nc(-c4cc(-n5c6ccccc6c6ccccc65)c(-c5ccccc5)c5ccccc45)n3)cc2)cc1. The van der Waals surface area contributed by atoms with Crippen LogP contribution >= 0.6 is 0 Å². The molecule has 4 heteroatoms. The van der Waals surface area contributed by atoms with E-state index in [1.165, 1.54) is 10.8 Å². The van der Waals surface area contributed by atoms with Gasteiger partial charge in [0.2, 0.25) is 0 Å². The molecule has 0 saturated heterocycles. The third kappa shape index (κ3) is 6.15. The molecule has 0 radical (unpaired) electrons. The van der Waals surface area contributed by atoms with Gasteiger partial charge in [0.1, 0.15) is 0 Å². The van der Waals surface area contributed by atoms with E-state index in [1.807, 2.05) is 12.1 Å². The lowest BCUT2D eigenvalue weighted by Gasteiger charge is -2.20. The van der Waals surface area contributed by atoms with Crippen molar-refractivity contribution < 1.29 is 0 Å². The molecular weight excluding hydrogens is 717 g/mol. The lowest BCUT2D eigenvalue weighted by atomic mass is 9.92. The van der Waals surface area contributed by atoms with Crippen LogP contribution in [0.2, 0.25) is 0 Å². The van der Waals surface area contributed by atoms with Gasteiger partial charge in [-0.3, -0.25) is 0 Å². The molecule has 0 atom stereocenters. The van der Waals surface area contributed by atoms with Crippen LogP contribution in [0.1, 0.15) is 0 Å². The first-order valence-electron chi connectivity index (χ1n) is 19.9. The molecule has 4 nitrogen and oxygen atoms in total. The van der Waals surface area contributed by atoms with Gasteiger partial charge in [-0.2, -0.15) is 0 Å². The molecule has 0 aliphatic carbocycles. The number of rotatable bonds is 7. The predicted molar refractivity (Wildman–Crippen MR) is 244 cm³/mol. The van der Waals surface area contributed by atoms with Crippen molar-refractivity contribution in [3.05, 3.63) is 218 Å². The second-order valence-electron chi connectivity index (χ2n) is 14.8. The van der Waals surface area contributed by atoms with E-state index < -0.39 is 0 Å².